The highest BCUT2D eigenvalue weighted by molar-refractivity contribution is 9.10. The van der Waals surface area contributed by atoms with E-state index in [-0.39, 0.29) is 12.0 Å². The number of amides is 2. The molecule has 0 bridgehead atoms. The lowest BCUT2D eigenvalue weighted by atomic mass is 10.1. The zero-order valence-corrected chi connectivity index (χ0v) is 13.9. The van der Waals surface area contributed by atoms with Crippen molar-refractivity contribution in [2.75, 3.05) is 0 Å². The molecule has 124 valence electrons. The van der Waals surface area contributed by atoms with Gasteiger partial charge in [0.05, 0.1) is 6.42 Å². The molecule has 0 atom stereocenters. The zero-order valence-electron chi connectivity index (χ0n) is 12.4. The minimum absolute atomic E-state index is 0.00939. The molecule has 0 unspecified atom stereocenters. The Balaban J connectivity index is 1.84. The first-order valence-electron chi connectivity index (χ1n) is 6.90. The maximum absolute atomic E-state index is 13.5. The van der Waals surface area contributed by atoms with Crippen molar-refractivity contribution >= 4 is 33.8 Å². The molecule has 24 heavy (non-hydrogen) atoms. The molecule has 0 fully saturated rings. The smallest absolute Gasteiger partial charge is 0.262 e. The molecule has 0 saturated heterocycles. The number of carbonyl (C=O) groups excluding carboxylic acids is 2. The van der Waals surface area contributed by atoms with Gasteiger partial charge in [0.2, 0.25) is 5.91 Å². The van der Waals surface area contributed by atoms with Crippen LogP contribution < -0.4 is 10.9 Å². The van der Waals surface area contributed by atoms with E-state index in [2.05, 4.69) is 26.8 Å². The minimum atomic E-state index is -0.609. The van der Waals surface area contributed by atoms with Gasteiger partial charge in [-0.05, 0) is 42.0 Å². The second-order valence-corrected chi connectivity index (χ2v) is 5.76. The molecular weight excluding hydrogens is 382 g/mol. The molecule has 0 aliphatic heterocycles. The largest absolute Gasteiger partial charge is 0.273 e. The van der Waals surface area contributed by atoms with E-state index in [4.69, 9.17) is 0 Å². The van der Waals surface area contributed by atoms with Crippen LogP contribution in [0.2, 0.25) is 0 Å². The first-order valence-corrected chi connectivity index (χ1v) is 7.70. The molecular formula is C17H13BrF2N2O2. The van der Waals surface area contributed by atoms with Gasteiger partial charge in [0, 0.05) is 16.1 Å². The molecule has 2 rings (SSSR count). The summed E-state index contributed by atoms with van der Waals surface area (Å²) in [4.78, 5) is 23.3. The minimum Gasteiger partial charge on any atom is -0.273 e. The summed E-state index contributed by atoms with van der Waals surface area (Å²) in [7, 11) is 0. The standard InChI is InChI=1S/C17H13BrF2N2O2/c18-13-4-7-15(20)12(10-13)3-8-16(23)21-22-17(24)9-11-1-5-14(19)6-2-11/h1-8,10H,9H2,(H,21,23)(H,22,24)/b8-3+. The van der Waals surface area contributed by atoms with Gasteiger partial charge in [-0.3, -0.25) is 20.4 Å². The molecule has 0 heterocycles. The highest BCUT2D eigenvalue weighted by atomic mass is 79.9. The maximum Gasteiger partial charge on any atom is 0.262 e. The summed E-state index contributed by atoms with van der Waals surface area (Å²) >= 11 is 3.21. The predicted molar refractivity (Wildman–Crippen MR) is 89.5 cm³/mol. The Morgan fingerprint density at radius 1 is 1.04 bits per heavy atom. The van der Waals surface area contributed by atoms with Gasteiger partial charge in [-0.15, -0.1) is 0 Å². The van der Waals surface area contributed by atoms with Gasteiger partial charge in [0.1, 0.15) is 11.6 Å². The van der Waals surface area contributed by atoms with Gasteiger partial charge in [-0.25, -0.2) is 8.78 Å². The van der Waals surface area contributed by atoms with Crippen molar-refractivity contribution in [3.05, 3.63) is 75.8 Å². The Hall–Kier alpha value is -2.54. The molecule has 2 amide bonds. The fourth-order valence-corrected chi connectivity index (χ4v) is 2.19. The van der Waals surface area contributed by atoms with E-state index in [0.29, 0.717) is 10.0 Å². The second kappa shape index (κ2) is 8.35. The van der Waals surface area contributed by atoms with Crippen molar-refractivity contribution in [1.29, 1.82) is 0 Å². The van der Waals surface area contributed by atoms with Crippen LogP contribution in [0.25, 0.3) is 6.08 Å². The number of hydrogen-bond acceptors (Lipinski definition) is 2. The highest BCUT2D eigenvalue weighted by Crippen LogP contribution is 2.16. The lowest BCUT2D eigenvalue weighted by Gasteiger charge is -2.05. The van der Waals surface area contributed by atoms with E-state index in [0.717, 1.165) is 6.08 Å². The first kappa shape index (κ1) is 17.8. The summed E-state index contributed by atoms with van der Waals surface area (Å²) in [6, 6.07) is 9.78. The maximum atomic E-state index is 13.5. The van der Waals surface area contributed by atoms with Crippen LogP contribution in [0.1, 0.15) is 11.1 Å². The fourth-order valence-electron chi connectivity index (χ4n) is 1.81. The zero-order chi connectivity index (χ0) is 17.5. The van der Waals surface area contributed by atoms with E-state index < -0.39 is 23.4 Å². The third-order valence-electron chi connectivity index (χ3n) is 2.98. The third kappa shape index (κ3) is 5.58. The van der Waals surface area contributed by atoms with Crippen molar-refractivity contribution in [3.63, 3.8) is 0 Å². The van der Waals surface area contributed by atoms with E-state index in [1.54, 1.807) is 6.07 Å². The summed E-state index contributed by atoms with van der Waals surface area (Å²) < 4.78 is 26.9. The Labute approximate surface area is 145 Å². The Morgan fingerprint density at radius 3 is 2.46 bits per heavy atom. The molecule has 7 heteroatoms. The van der Waals surface area contributed by atoms with Crippen LogP contribution in [-0.4, -0.2) is 11.8 Å². The summed E-state index contributed by atoms with van der Waals surface area (Å²) in [5.41, 5.74) is 5.25. The number of halogens is 3. The third-order valence-corrected chi connectivity index (χ3v) is 3.47. The molecule has 0 aromatic heterocycles. The monoisotopic (exact) mass is 394 g/mol. The van der Waals surface area contributed by atoms with E-state index in [1.807, 2.05) is 0 Å². The van der Waals surface area contributed by atoms with Crippen molar-refractivity contribution in [2.45, 2.75) is 6.42 Å². The van der Waals surface area contributed by atoms with Crippen molar-refractivity contribution < 1.29 is 18.4 Å². The molecule has 0 spiro atoms. The highest BCUT2D eigenvalue weighted by Gasteiger charge is 2.05. The summed E-state index contributed by atoms with van der Waals surface area (Å²) in [5, 5.41) is 0. The Bertz CT molecular complexity index is 777. The van der Waals surface area contributed by atoms with Crippen LogP contribution >= 0.6 is 15.9 Å². The van der Waals surface area contributed by atoms with Crippen molar-refractivity contribution in [3.8, 4) is 0 Å². The average molecular weight is 395 g/mol. The predicted octanol–water partition coefficient (Wildman–Crippen LogP) is 3.13. The normalized spacial score (nSPS) is 10.6. The van der Waals surface area contributed by atoms with Gasteiger partial charge in [-0.2, -0.15) is 0 Å². The SMILES string of the molecule is O=C(/C=C/c1cc(Br)ccc1F)NNC(=O)Cc1ccc(F)cc1. The van der Waals surface area contributed by atoms with E-state index in [9.17, 15) is 18.4 Å². The number of rotatable bonds is 4. The Kier molecular flexibility index (Phi) is 6.20. The number of benzene rings is 2. The Morgan fingerprint density at radius 2 is 1.75 bits per heavy atom. The summed E-state index contributed by atoms with van der Waals surface area (Å²) in [6.45, 7) is 0. The van der Waals surface area contributed by atoms with Gasteiger partial charge in [-0.1, -0.05) is 28.1 Å². The van der Waals surface area contributed by atoms with Gasteiger partial charge in [0.25, 0.3) is 5.91 Å². The van der Waals surface area contributed by atoms with Crippen LogP contribution in [0.15, 0.2) is 53.0 Å². The van der Waals surface area contributed by atoms with Crippen LogP contribution in [-0.2, 0) is 16.0 Å². The lowest BCUT2D eigenvalue weighted by molar-refractivity contribution is -0.126. The summed E-state index contributed by atoms with van der Waals surface area (Å²) in [6.07, 6.45) is 2.38. The van der Waals surface area contributed by atoms with E-state index >= 15 is 0 Å². The average Bonchev–Trinajstić information content (AvgIpc) is 2.56. The molecule has 4 nitrogen and oxygen atoms in total. The molecule has 0 aliphatic carbocycles. The molecule has 2 N–H and O–H groups in total. The lowest BCUT2D eigenvalue weighted by Crippen LogP contribution is -2.41. The number of nitrogens with one attached hydrogen (secondary N) is 2. The van der Waals surface area contributed by atoms with Crippen molar-refractivity contribution in [2.24, 2.45) is 0 Å². The van der Waals surface area contributed by atoms with Crippen LogP contribution in [0.5, 0.6) is 0 Å². The van der Waals surface area contributed by atoms with Gasteiger partial charge < -0.3 is 0 Å². The van der Waals surface area contributed by atoms with E-state index in [1.165, 1.54) is 42.5 Å². The van der Waals surface area contributed by atoms with Gasteiger partial charge in [0.15, 0.2) is 0 Å². The van der Waals surface area contributed by atoms with Crippen LogP contribution in [0.3, 0.4) is 0 Å². The number of hydrazine groups is 1. The van der Waals surface area contributed by atoms with Crippen LogP contribution in [0, 0.1) is 11.6 Å². The number of carbonyl (C=O) groups is 2. The van der Waals surface area contributed by atoms with Crippen molar-refractivity contribution in [1.82, 2.24) is 10.9 Å². The number of hydrogen-bond donors (Lipinski definition) is 2. The molecule has 0 aliphatic rings. The molecule has 0 saturated carbocycles. The first-order chi connectivity index (χ1) is 11.4. The quantitative estimate of drug-likeness (QED) is 0.618. The topological polar surface area (TPSA) is 58.2 Å². The van der Waals surface area contributed by atoms with Gasteiger partial charge >= 0.3 is 0 Å². The fraction of sp³-hybridized carbons (Fsp3) is 0.0588. The van der Waals surface area contributed by atoms with Crippen LogP contribution in [0.4, 0.5) is 8.78 Å². The molecule has 2 aromatic carbocycles. The molecule has 2 aromatic rings. The molecule has 0 radical (unpaired) electrons. The summed E-state index contributed by atoms with van der Waals surface area (Å²) in [5.74, 6) is -1.93. The second-order valence-electron chi connectivity index (χ2n) is 4.84.